The highest BCUT2D eigenvalue weighted by molar-refractivity contribution is 5.77. The average Bonchev–Trinajstić information content (AvgIpc) is 2.98. The Hall–Kier alpha value is -4.30. The quantitative estimate of drug-likeness (QED) is 0.189. The van der Waals surface area contributed by atoms with Crippen molar-refractivity contribution in [1.82, 2.24) is 0 Å². The summed E-state index contributed by atoms with van der Waals surface area (Å²) in [5.41, 5.74) is 10.1. The van der Waals surface area contributed by atoms with E-state index in [1.165, 1.54) is 39.4 Å². The van der Waals surface area contributed by atoms with Gasteiger partial charge in [0.25, 0.3) is 0 Å². The van der Waals surface area contributed by atoms with Crippen LogP contribution < -0.4 is 9.80 Å². The van der Waals surface area contributed by atoms with Crippen LogP contribution in [0.5, 0.6) is 0 Å². The average molecular weight is 553 g/mol. The molecule has 0 atom stereocenters. The molecule has 42 heavy (non-hydrogen) atoms. The summed E-state index contributed by atoms with van der Waals surface area (Å²) in [5, 5.41) is 0. The van der Waals surface area contributed by atoms with E-state index in [4.69, 9.17) is 0 Å². The predicted molar refractivity (Wildman–Crippen MR) is 182 cm³/mol. The van der Waals surface area contributed by atoms with E-state index in [9.17, 15) is 0 Å². The summed E-state index contributed by atoms with van der Waals surface area (Å²) in [6, 6.07) is 48.4. The van der Waals surface area contributed by atoms with Crippen molar-refractivity contribution in [2.75, 3.05) is 9.80 Å². The zero-order valence-electron chi connectivity index (χ0n) is 26.0. The zero-order chi connectivity index (χ0) is 29.7. The molecule has 0 bridgehead atoms. The fourth-order valence-electron chi connectivity index (χ4n) is 5.55. The number of nitrogens with zero attached hydrogens (tertiary/aromatic N) is 2. The lowest BCUT2D eigenvalue weighted by atomic mass is 9.87. The van der Waals surface area contributed by atoms with E-state index in [1.54, 1.807) is 0 Å². The maximum atomic E-state index is 2.41. The molecular formula is C40H44N2. The monoisotopic (exact) mass is 552 g/mol. The Labute approximate surface area is 253 Å². The van der Waals surface area contributed by atoms with Gasteiger partial charge in [-0.3, -0.25) is 0 Å². The predicted octanol–water partition coefficient (Wildman–Crippen LogP) is 11.2. The molecule has 0 spiro atoms. The van der Waals surface area contributed by atoms with E-state index >= 15 is 0 Å². The topological polar surface area (TPSA) is 6.48 Å². The second-order valence-electron chi connectivity index (χ2n) is 13.1. The van der Waals surface area contributed by atoms with Crippen molar-refractivity contribution < 1.29 is 0 Å². The van der Waals surface area contributed by atoms with E-state index in [0.717, 1.165) is 18.5 Å². The molecule has 0 heterocycles. The number of hydrogen-bond acceptors (Lipinski definition) is 2. The molecule has 0 N–H and O–H groups in total. The third-order valence-electron chi connectivity index (χ3n) is 7.76. The maximum Gasteiger partial charge on any atom is 0.0464 e. The first kappa shape index (κ1) is 29.2. The van der Waals surface area contributed by atoms with Gasteiger partial charge in [-0.25, -0.2) is 0 Å². The normalized spacial score (nSPS) is 11.8. The third-order valence-corrected chi connectivity index (χ3v) is 7.76. The lowest BCUT2D eigenvalue weighted by molar-refractivity contribution is 0.560. The Morgan fingerprint density at radius 2 is 0.857 bits per heavy atom. The Kier molecular flexibility index (Phi) is 8.54. The summed E-state index contributed by atoms with van der Waals surface area (Å²) in [7, 11) is 0. The highest BCUT2D eigenvalue weighted by Crippen LogP contribution is 2.37. The first-order valence-electron chi connectivity index (χ1n) is 15.1. The molecule has 5 aromatic rings. The molecule has 0 aliphatic rings. The number of rotatable bonds is 8. The number of para-hydroxylation sites is 2. The molecule has 0 saturated carbocycles. The van der Waals surface area contributed by atoms with Crippen molar-refractivity contribution in [1.29, 1.82) is 0 Å². The zero-order valence-corrected chi connectivity index (χ0v) is 26.0. The molecular weight excluding hydrogens is 508 g/mol. The van der Waals surface area contributed by atoms with Crippen LogP contribution >= 0.6 is 0 Å². The van der Waals surface area contributed by atoms with Gasteiger partial charge in [0.1, 0.15) is 0 Å². The van der Waals surface area contributed by atoms with Crippen molar-refractivity contribution in [2.45, 2.75) is 65.3 Å². The molecule has 5 rings (SSSR count). The van der Waals surface area contributed by atoms with Gasteiger partial charge in [-0.1, -0.05) is 93.6 Å². The first-order chi connectivity index (χ1) is 20.1. The minimum absolute atomic E-state index is 0.0215. The SMILES string of the molecule is CC(C)(C)c1cccc(N(c2ccccc2)c2ccc(CCc3ccc(N(c4ccccc4)C(C)(C)C)cc3)cc2)c1. The standard InChI is InChI=1S/C40H44N2/c1-39(2,3)33-14-13-19-38(30-33)41(34-15-9-7-10-16-34)35-26-22-31(23-27-35)20-21-32-24-28-37(29-25-32)42(40(4,5)6)36-17-11-8-12-18-36/h7-19,22-30H,20-21H2,1-6H3. The van der Waals surface area contributed by atoms with Crippen LogP contribution in [0.15, 0.2) is 133 Å². The minimum atomic E-state index is -0.0215. The fraction of sp³-hybridized carbons (Fsp3) is 0.250. The van der Waals surface area contributed by atoms with Gasteiger partial charge < -0.3 is 9.80 Å². The number of hydrogen-bond donors (Lipinski definition) is 0. The Morgan fingerprint density at radius 1 is 0.429 bits per heavy atom. The highest BCUT2D eigenvalue weighted by atomic mass is 15.2. The van der Waals surface area contributed by atoms with Crippen LogP contribution in [0.4, 0.5) is 28.4 Å². The molecule has 5 aromatic carbocycles. The second-order valence-corrected chi connectivity index (χ2v) is 13.1. The first-order valence-corrected chi connectivity index (χ1v) is 15.1. The Morgan fingerprint density at radius 3 is 1.36 bits per heavy atom. The van der Waals surface area contributed by atoms with Gasteiger partial charge in [-0.05, 0) is 116 Å². The van der Waals surface area contributed by atoms with Gasteiger partial charge in [0.15, 0.2) is 0 Å². The van der Waals surface area contributed by atoms with Crippen LogP contribution in [0.1, 0.15) is 58.2 Å². The van der Waals surface area contributed by atoms with Gasteiger partial charge in [-0.15, -0.1) is 0 Å². The number of benzene rings is 5. The summed E-state index contributed by atoms with van der Waals surface area (Å²) in [6.45, 7) is 13.6. The van der Waals surface area contributed by atoms with Gasteiger partial charge in [0.2, 0.25) is 0 Å². The van der Waals surface area contributed by atoms with Gasteiger partial charge in [0.05, 0.1) is 0 Å². The minimum Gasteiger partial charge on any atom is -0.336 e. The Balaban J connectivity index is 1.33. The molecule has 2 nitrogen and oxygen atoms in total. The van der Waals surface area contributed by atoms with Crippen molar-refractivity contribution in [3.63, 3.8) is 0 Å². The molecule has 2 heteroatoms. The van der Waals surface area contributed by atoms with Crippen molar-refractivity contribution in [3.05, 3.63) is 150 Å². The van der Waals surface area contributed by atoms with E-state index in [2.05, 4.69) is 185 Å². The maximum absolute atomic E-state index is 2.41. The van der Waals surface area contributed by atoms with E-state index < -0.39 is 0 Å². The molecule has 0 fully saturated rings. The van der Waals surface area contributed by atoms with E-state index in [-0.39, 0.29) is 11.0 Å². The molecule has 0 aromatic heterocycles. The summed E-state index contributed by atoms with van der Waals surface area (Å²) in [5.74, 6) is 0. The van der Waals surface area contributed by atoms with Crippen LogP contribution in [0.2, 0.25) is 0 Å². The summed E-state index contributed by atoms with van der Waals surface area (Å²) >= 11 is 0. The van der Waals surface area contributed by atoms with Gasteiger partial charge >= 0.3 is 0 Å². The van der Waals surface area contributed by atoms with Crippen LogP contribution in [0, 0.1) is 0 Å². The smallest absolute Gasteiger partial charge is 0.0464 e. The molecule has 0 radical (unpaired) electrons. The second kappa shape index (κ2) is 12.3. The van der Waals surface area contributed by atoms with Crippen LogP contribution in [0.25, 0.3) is 0 Å². The molecule has 0 saturated heterocycles. The summed E-state index contributed by atoms with van der Waals surface area (Å²) < 4.78 is 0. The molecule has 0 unspecified atom stereocenters. The van der Waals surface area contributed by atoms with Crippen LogP contribution in [-0.2, 0) is 18.3 Å². The van der Waals surface area contributed by atoms with Crippen LogP contribution in [0.3, 0.4) is 0 Å². The highest BCUT2D eigenvalue weighted by Gasteiger charge is 2.23. The van der Waals surface area contributed by atoms with Gasteiger partial charge in [0, 0.05) is 34.0 Å². The van der Waals surface area contributed by atoms with E-state index in [0.29, 0.717) is 0 Å². The van der Waals surface area contributed by atoms with Crippen molar-refractivity contribution in [2.24, 2.45) is 0 Å². The lowest BCUT2D eigenvalue weighted by Gasteiger charge is -2.38. The fourth-order valence-corrected chi connectivity index (χ4v) is 5.55. The van der Waals surface area contributed by atoms with Crippen molar-refractivity contribution >= 4 is 28.4 Å². The molecule has 0 amide bonds. The van der Waals surface area contributed by atoms with Gasteiger partial charge in [-0.2, -0.15) is 0 Å². The Bertz CT molecular complexity index is 1560. The number of aryl methyl sites for hydroxylation is 2. The molecule has 0 aliphatic heterocycles. The lowest BCUT2D eigenvalue weighted by Crippen LogP contribution is -2.37. The summed E-state index contributed by atoms with van der Waals surface area (Å²) in [4.78, 5) is 4.76. The molecule has 214 valence electrons. The molecule has 0 aliphatic carbocycles. The summed E-state index contributed by atoms with van der Waals surface area (Å²) in [6.07, 6.45) is 2.02. The third kappa shape index (κ3) is 6.94. The largest absolute Gasteiger partial charge is 0.336 e. The van der Waals surface area contributed by atoms with E-state index in [1.807, 2.05) is 0 Å². The van der Waals surface area contributed by atoms with Crippen molar-refractivity contribution in [3.8, 4) is 0 Å². The van der Waals surface area contributed by atoms with Crippen LogP contribution in [-0.4, -0.2) is 5.54 Å². The number of anilines is 5.